The molecular formula is C13H18N2OS. The van der Waals surface area contributed by atoms with E-state index in [0.717, 1.165) is 18.9 Å². The summed E-state index contributed by atoms with van der Waals surface area (Å²) in [5.74, 6) is 1.02. The first-order valence-electron chi connectivity index (χ1n) is 6.39. The maximum Gasteiger partial charge on any atom is 0.220 e. The Balaban J connectivity index is 1.56. The Morgan fingerprint density at radius 2 is 2.35 bits per heavy atom. The number of hydrogen-bond donors (Lipinski definition) is 2. The molecule has 1 saturated heterocycles. The summed E-state index contributed by atoms with van der Waals surface area (Å²) in [6.07, 6.45) is 4.35. The molecule has 1 amide bonds. The minimum atomic E-state index is 0.205. The quantitative estimate of drug-likeness (QED) is 0.840. The molecule has 92 valence electrons. The molecule has 1 aliphatic heterocycles. The summed E-state index contributed by atoms with van der Waals surface area (Å²) in [5.41, 5.74) is 0. The molecule has 0 radical (unpaired) electrons. The Hall–Kier alpha value is -0.870. The highest BCUT2D eigenvalue weighted by molar-refractivity contribution is 7.10. The second kappa shape index (κ2) is 4.78. The van der Waals surface area contributed by atoms with E-state index in [-0.39, 0.29) is 5.91 Å². The van der Waals surface area contributed by atoms with Gasteiger partial charge in [-0.3, -0.25) is 4.79 Å². The Kier molecular flexibility index (Phi) is 3.16. The van der Waals surface area contributed by atoms with Crippen molar-refractivity contribution >= 4 is 17.2 Å². The maximum atomic E-state index is 11.1. The Morgan fingerprint density at radius 1 is 1.47 bits per heavy atom. The molecule has 2 atom stereocenters. The molecule has 2 aliphatic rings. The zero-order valence-corrected chi connectivity index (χ0v) is 10.6. The first kappa shape index (κ1) is 11.2. The third-order valence-electron chi connectivity index (χ3n) is 3.61. The maximum absolute atomic E-state index is 11.1. The third kappa shape index (κ3) is 2.69. The van der Waals surface area contributed by atoms with E-state index >= 15 is 0 Å². The van der Waals surface area contributed by atoms with Crippen molar-refractivity contribution in [1.29, 1.82) is 0 Å². The normalized spacial score (nSPS) is 25.9. The Bertz CT molecular complexity index is 386. The predicted octanol–water partition coefficient (Wildman–Crippen LogP) is 2.07. The summed E-state index contributed by atoms with van der Waals surface area (Å²) in [5, 5.41) is 8.80. The molecule has 1 aromatic rings. The molecule has 2 heterocycles. The number of rotatable bonds is 5. The summed E-state index contributed by atoms with van der Waals surface area (Å²) in [7, 11) is 0. The van der Waals surface area contributed by atoms with Gasteiger partial charge in [-0.25, -0.2) is 0 Å². The number of nitrogens with one attached hydrogen (secondary N) is 2. The van der Waals surface area contributed by atoms with Gasteiger partial charge in [0.15, 0.2) is 0 Å². The molecule has 2 unspecified atom stereocenters. The van der Waals surface area contributed by atoms with E-state index in [4.69, 9.17) is 0 Å². The summed E-state index contributed by atoms with van der Waals surface area (Å²) < 4.78 is 0. The molecule has 2 N–H and O–H groups in total. The standard InChI is InChI=1S/C13H18N2OS/c16-12-6-5-10(15-12)8-14-13(9-3-4-9)11-2-1-7-17-11/h1-2,7,9-10,13-14H,3-6,8H2,(H,15,16). The van der Waals surface area contributed by atoms with Crippen molar-refractivity contribution < 1.29 is 4.79 Å². The van der Waals surface area contributed by atoms with Crippen LogP contribution in [0.25, 0.3) is 0 Å². The number of hydrogen-bond acceptors (Lipinski definition) is 3. The van der Waals surface area contributed by atoms with Crippen LogP contribution in [0.1, 0.15) is 36.6 Å². The summed E-state index contributed by atoms with van der Waals surface area (Å²) >= 11 is 1.83. The van der Waals surface area contributed by atoms with Crippen LogP contribution in [0.15, 0.2) is 17.5 Å². The van der Waals surface area contributed by atoms with E-state index in [1.54, 1.807) is 0 Å². The van der Waals surface area contributed by atoms with Gasteiger partial charge in [0.2, 0.25) is 5.91 Å². The van der Waals surface area contributed by atoms with Gasteiger partial charge in [-0.1, -0.05) is 6.07 Å². The summed E-state index contributed by atoms with van der Waals surface area (Å²) in [4.78, 5) is 12.6. The highest BCUT2D eigenvalue weighted by Crippen LogP contribution is 2.42. The average molecular weight is 250 g/mol. The lowest BCUT2D eigenvalue weighted by atomic mass is 10.1. The first-order chi connectivity index (χ1) is 8.33. The van der Waals surface area contributed by atoms with Crippen LogP contribution in [0.5, 0.6) is 0 Å². The van der Waals surface area contributed by atoms with Crippen LogP contribution in [0.3, 0.4) is 0 Å². The molecule has 1 aromatic heterocycles. The molecule has 2 fully saturated rings. The molecule has 0 spiro atoms. The van der Waals surface area contributed by atoms with Crippen molar-refractivity contribution in [3.8, 4) is 0 Å². The van der Waals surface area contributed by atoms with Gasteiger partial charge < -0.3 is 10.6 Å². The van der Waals surface area contributed by atoms with Crippen molar-refractivity contribution in [3.63, 3.8) is 0 Å². The molecule has 0 aromatic carbocycles. The van der Waals surface area contributed by atoms with Gasteiger partial charge >= 0.3 is 0 Å². The fourth-order valence-corrected chi connectivity index (χ4v) is 3.39. The average Bonchev–Trinajstić information content (AvgIpc) is 2.85. The number of carbonyl (C=O) groups is 1. The van der Waals surface area contributed by atoms with Gasteiger partial charge in [0, 0.05) is 29.9 Å². The minimum absolute atomic E-state index is 0.205. The van der Waals surface area contributed by atoms with Crippen molar-refractivity contribution in [2.75, 3.05) is 6.54 Å². The Morgan fingerprint density at radius 3 is 2.94 bits per heavy atom. The third-order valence-corrected chi connectivity index (χ3v) is 4.57. The molecule has 17 heavy (non-hydrogen) atoms. The monoisotopic (exact) mass is 250 g/mol. The smallest absolute Gasteiger partial charge is 0.220 e. The predicted molar refractivity (Wildman–Crippen MR) is 69.0 cm³/mol. The molecule has 0 bridgehead atoms. The van der Waals surface area contributed by atoms with Crippen molar-refractivity contribution in [3.05, 3.63) is 22.4 Å². The van der Waals surface area contributed by atoms with Crippen molar-refractivity contribution in [1.82, 2.24) is 10.6 Å². The van der Waals surface area contributed by atoms with E-state index in [9.17, 15) is 4.79 Å². The lowest BCUT2D eigenvalue weighted by molar-refractivity contribution is -0.119. The first-order valence-corrected chi connectivity index (χ1v) is 7.27. The zero-order chi connectivity index (χ0) is 11.7. The van der Waals surface area contributed by atoms with Crippen LogP contribution in [0.2, 0.25) is 0 Å². The molecule has 3 rings (SSSR count). The van der Waals surface area contributed by atoms with E-state index in [1.165, 1.54) is 17.7 Å². The highest BCUT2D eigenvalue weighted by atomic mass is 32.1. The van der Waals surface area contributed by atoms with Gasteiger partial charge in [0.05, 0.1) is 0 Å². The Labute approximate surface area is 106 Å². The molecule has 1 aliphatic carbocycles. The van der Waals surface area contributed by atoms with E-state index in [0.29, 0.717) is 18.5 Å². The number of amides is 1. The van der Waals surface area contributed by atoms with Crippen LogP contribution in [0.4, 0.5) is 0 Å². The fraction of sp³-hybridized carbons (Fsp3) is 0.615. The number of thiophene rings is 1. The number of carbonyl (C=O) groups excluding carboxylic acids is 1. The SMILES string of the molecule is O=C1CCC(CNC(c2cccs2)C2CC2)N1. The van der Waals surface area contributed by atoms with Crippen molar-refractivity contribution in [2.24, 2.45) is 5.92 Å². The van der Waals surface area contributed by atoms with E-state index in [2.05, 4.69) is 28.1 Å². The van der Waals surface area contributed by atoms with Gasteiger partial charge in [-0.15, -0.1) is 11.3 Å². The molecule has 3 nitrogen and oxygen atoms in total. The zero-order valence-electron chi connectivity index (χ0n) is 9.82. The van der Waals surface area contributed by atoms with Gasteiger partial charge in [0.1, 0.15) is 0 Å². The lowest BCUT2D eigenvalue weighted by Crippen LogP contribution is -2.37. The van der Waals surface area contributed by atoms with Crippen LogP contribution in [-0.4, -0.2) is 18.5 Å². The van der Waals surface area contributed by atoms with E-state index in [1.807, 2.05) is 11.3 Å². The van der Waals surface area contributed by atoms with E-state index < -0.39 is 0 Å². The van der Waals surface area contributed by atoms with Gasteiger partial charge in [-0.2, -0.15) is 0 Å². The second-order valence-electron chi connectivity index (χ2n) is 5.04. The van der Waals surface area contributed by atoms with Crippen LogP contribution >= 0.6 is 11.3 Å². The summed E-state index contributed by atoms with van der Waals surface area (Å²) in [6.45, 7) is 0.908. The highest BCUT2D eigenvalue weighted by Gasteiger charge is 2.33. The minimum Gasteiger partial charge on any atom is -0.352 e. The molecule has 1 saturated carbocycles. The fourth-order valence-electron chi connectivity index (χ4n) is 2.50. The van der Waals surface area contributed by atoms with Crippen molar-refractivity contribution in [2.45, 2.75) is 37.8 Å². The lowest BCUT2D eigenvalue weighted by Gasteiger charge is -2.19. The van der Waals surface area contributed by atoms with Gasteiger partial charge in [-0.05, 0) is 36.6 Å². The second-order valence-corrected chi connectivity index (χ2v) is 6.02. The van der Waals surface area contributed by atoms with Gasteiger partial charge in [0.25, 0.3) is 0 Å². The molecular weight excluding hydrogens is 232 g/mol. The largest absolute Gasteiger partial charge is 0.352 e. The molecule has 4 heteroatoms. The summed E-state index contributed by atoms with van der Waals surface area (Å²) in [6, 6.07) is 5.18. The topological polar surface area (TPSA) is 41.1 Å². The van der Waals surface area contributed by atoms with Crippen LogP contribution < -0.4 is 10.6 Å². The van der Waals surface area contributed by atoms with Crippen LogP contribution in [0, 0.1) is 5.92 Å². The van der Waals surface area contributed by atoms with Crippen LogP contribution in [-0.2, 0) is 4.79 Å².